The molecule has 0 radical (unpaired) electrons. The van der Waals surface area contributed by atoms with Crippen LogP contribution < -0.4 is 25.0 Å². The third kappa shape index (κ3) is 5.67. The van der Waals surface area contributed by atoms with Gasteiger partial charge in [0.25, 0.3) is 5.91 Å². The van der Waals surface area contributed by atoms with E-state index in [2.05, 4.69) is 10.6 Å². The predicted octanol–water partition coefficient (Wildman–Crippen LogP) is 2.86. The maximum atomic E-state index is 12.8. The van der Waals surface area contributed by atoms with Crippen LogP contribution in [0.5, 0.6) is 11.5 Å². The summed E-state index contributed by atoms with van der Waals surface area (Å²) in [6, 6.07) is 11.8. The summed E-state index contributed by atoms with van der Waals surface area (Å²) in [5.74, 6) is -0.251. The highest BCUT2D eigenvalue weighted by atomic mass is 35.5. The highest BCUT2D eigenvalue weighted by Crippen LogP contribution is 2.35. The molecule has 1 aliphatic rings. The van der Waals surface area contributed by atoms with E-state index >= 15 is 0 Å². The van der Waals surface area contributed by atoms with E-state index in [0.717, 1.165) is 0 Å². The van der Waals surface area contributed by atoms with Crippen LogP contribution in [0.15, 0.2) is 42.5 Å². The number of benzene rings is 2. The zero-order valence-corrected chi connectivity index (χ0v) is 18.1. The van der Waals surface area contributed by atoms with Gasteiger partial charge in [-0.05, 0) is 37.3 Å². The Hall–Kier alpha value is -3.26. The highest BCUT2D eigenvalue weighted by Gasteiger charge is 2.36. The quantitative estimate of drug-likeness (QED) is 0.651. The van der Waals surface area contributed by atoms with Gasteiger partial charge in [0.2, 0.25) is 11.8 Å². The minimum absolute atomic E-state index is 0.0783. The molecule has 3 rings (SSSR count). The average Bonchev–Trinajstić information content (AvgIpc) is 3.14. The van der Waals surface area contributed by atoms with E-state index in [1.54, 1.807) is 42.5 Å². The van der Waals surface area contributed by atoms with Gasteiger partial charge in [-0.15, -0.1) is 0 Å². The molecule has 1 aliphatic heterocycles. The van der Waals surface area contributed by atoms with Gasteiger partial charge < -0.3 is 25.0 Å². The topological polar surface area (TPSA) is 97.0 Å². The van der Waals surface area contributed by atoms with Crippen LogP contribution >= 0.6 is 11.6 Å². The molecule has 9 heteroatoms. The van der Waals surface area contributed by atoms with E-state index in [1.165, 1.54) is 12.0 Å². The molecule has 0 aromatic heterocycles. The number of hydrogen-bond acceptors (Lipinski definition) is 5. The molecule has 0 bridgehead atoms. The van der Waals surface area contributed by atoms with Crippen LogP contribution in [0, 0.1) is 5.92 Å². The van der Waals surface area contributed by atoms with Crippen LogP contribution in [0.25, 0.3) is 0 Å². The van der Waals surface area contributed by atoms with Crippen molar-refractivity contribution in [1.82, 2.24) is 5.32 Å². The Morgan fingerprint density at radius 1 is 1.23 bits per heavy atom. The molecule has 1 unspecified atom stereocenters. The number of nitrogens with zero attached hydrogens (tertiary/aromatic N) is 1. The van der Waals surface area contributed by atoms with Gasteiger partial charge in [-0.1, -0.05) is 17.7 Å². The summed E-state index contributed by atoms with van der Waals surface area (Å²) >= 11 is 6.07. The molecule has 1 saturated heterocycles. The molecule has 3 amide bonds. The second kappa shape index (κ2) is 10.2. The normalized spacial score (nSPS) is 15.5. The first-order valence-corrected chi connectivity index (χ1v) is 10.2. The zero-order valence-electron chi connectivity index (χ0n) is 17.3. The highest BCUT2D eigenvalue weighted by molar-refractivity contribution is 6.31. The van der Waals surface area contributed by atoms with Gasteiger partial charge in [0.05, 0.1) is 18.7 Å². The SMILES string of the molecule is CCNC(=O)COc1cccc(NC(=O)C2CC(=O)N(c3cc(Cl)ccc3OC)C2)c1. The van der Waals surface area contributed by atoms with Crippen molar-refractivity contribution in [3.63, 3.8) is 0 Å². The smallest absolute Gasteiger partial charge is 0.257 e. The lowest BCUT2D eigenvalue weighted by molar-refractivity contribution is -0.123. The minimum atomic E-state index is -0.531. The van der Waals surface area contributed by atoms with Crippen LogP contribution in [-0.2, 0) is 14.4 Å². The number of ether oxygens (including phenoxy) is 2. The molecule has 2 aromatic carbocycles. The van der Waals surface area contributed by atoms with Crippen molar-refractivity contribution in [2.24, 2.45) is 5.92 Å². The number of amides is 3. The Morgan fingerprint density at radius 2 is 2.03 bits per heavy atom. The summed E-state index contributed by atoms with van der Waals surface area (Å²) in [4.78, 5) is 38.4. The number of methoxy groups -OCH3 is 1. The van der Waals surface area contributed by atoms with Crippen molar-refractivity contribution in [2.75, 3.05) is 37.0 Å². The summed E-state index contributed by atoms with van der Waals surface area (Å²) in [5.41, 5.74) is 1.06. The monoisotopic (exact) mass is 445 g/mol. The predicted molar refractivity (Wildman–Crippen MR) is 118 cm³/mol. The molecule has 1 atom stereocenters. The fourth-order valence-corrected chi connectivity index (χ4v) is 3.46. The van der Waals surface area contributed by atoms with Gasteiger partial charge in [-0.2, -0.15) is 0 Å². The van der Waals surface area contributed by atoms with Crippen molar-refractivity contribution < 1.29 is 23.9 Å². The van der Waals surface area contributed by atoms with Crippen molar-refractivity contribution in [3.8, 4) is 11.5 Å². The van der Waals surface area contributed by atoms with Crippen LogP contribution in [0.3, 0.4) is 0 Å². The maximum Gasteiger partial charge on any atom is 0.257 e. The molecule has 0 saturated carbocycles. The van der Waals surface area contributed by atoms with E-state index in [4.69, 9.17) is 21.1 Å². The Kier molecular flexibility index (Phi) is 7.36. The summed E-state index contributed by atoms with van der Waals surface area (Å²) < 4.78 is 10.8. The van der Waals surface area contributed by atoms with Crippen molar-refractivity contribution in [2.45, 2.75) is 13.3 Å². The molecule has 2 aromatic rings. The number of carbonyl (C=O) groups is 3. The molecule has 1 heterocycles. The van der Waals surface area contributed by atoms with Gasteiger partial charge >= 0.3 is 0 Å². The number of nitrogens with one attached hydrogen (secondary N) is 2. The average molecular weight is 446 g/mol. The third-order valence-electron chi connectivity index (χ3n) is 4.77. The zero-order chi connectivity index (χ0) is 22.4. The summed E-state index contributed by atoms with van der Waals surface area (Å²) in [6.07, 6.45) is 0.0783. The molecular weight excluding hydrogens is 422 g/mol. The number of halogens is 1. The van der Waals surface area contributed by atoms with Crippen molar-refractivity contribution in [3.05, 3.63) is 47.5 Å². The standard InChI is InChI=1S/C22H24ClN3O5/c1-3-24-20(27)13-31-17-6-4-5-16(11-17)25-22(29)14-9-21(28)26(12-14)18-10-15(23)7-8-19(18)30-2/h4-8,10-11,14H,3,9,12-13H2,1-2H3,(H,24,27)(H,25,29). The largest absolute Gasteiger partial charge is 0.495 e. The second-order valence-corrected chi connectivity index (χ2v) is 7.42. The number of anilines is 2. The van der Waals surface area contributed by atoms with E-state index in [0.29, 0.717) is 34.4 Å². The lowest BCUT2D eigenvalue weighted by Crippen LogP contribution is -2.28. The minimum Gasteiger partial charge on any atom is -0.495 e. The second-order valence-electron chi connectivity index (χ2n) is 6.98. The molecule has 0 aliphatic carbocycles. The third-order valence-corrected chi connectivity index (χ3v) is 5.01. The Balaban J connectivity index is 1.64. The first kappa shape index (κ1) is 22.4. The van der Waals surface area contributed by atoms with Crippen molar-refractivity contribution >= 4 is 40.7 Å². The molecule has 0 spiro atoms. The van der Waals surface area contributed by atoms with Crippen LogP contribution in [-0.4, -0.2) is 44.5 Å². The van der Waals surface area contributed by atoms with Gasteiger partial charge in [0.15, 0.2) is 6.61 Å². The molecule has 1 fully saturated rings. The summed E-state index contributed by atoms with van der Waals surface area (Å²) in [6.45, 7) is 2.45. The first-order valence-electron chi connectivity index (χ1n) is 9.85. The van der Waals surface area contributed by atoms with E-state index in [1.807, 2.05) is 6.92 Å². The van der Waals surface area contributed by atoms with Crippen LogP contribution in [0.1, 0.15) is 13.3 Å². The van der Waals surface area contributed by atoms with Gasteiger partial charge in [-0.3, -0.25) is 14.4 Å². The lowest BCUT2D eigenvalue weighted by atomic mass is 10.1. The number of rotatable bonds is 8. The van der Waals surface area contributed by atoms with Gasteiger partial charge in [-0.25, -0.2) is 0 Å². The maximum absolute atomic E-state index is 12.8. The van der Waals surface area contributed by atoms with E-state index in [-0.39, 0.29) is 37.3 Å². The molecule has 2 N–H and O–H groups in total. The van der Waals surface area contributed by atoms with Crippen molar-refractivity contribution in [1.29, 1.82) is 0 Å². The lowest BCUT2D eigenvalue weighted by Gasteiger charge is -2.20. The number of carbonyl (C=O) groups excluding carboxylic acids is 3. The Morgan fingerprint density at radius 3 is 2.77 bits per heavy atom. The molecule has 31 heavy (non-hydrogen) atoms. The molecular formula is C22H24ClN3O5. The molecule has 8 nitrogen and oxygen atoms in total. The fourth-order valence-electron chi connectivity index (χ4n) is 3.30. The Labute approximate surface area is 185 Å². The fraction of sp³-hybridized carbons (Fsp3) is 0.318. The van der Waals surface area contributed by atoms with Crippen LogP contribution in [0.2, 0.25) is 5.02 Å². The van der Waals surface area contributed by atoms with Gasteiger partial charge in [0, 0.05) is 36.3 Å². The summed E-state index contributed by atoms with van der Waals surface area (Å²) in [7, 11) is 1.51. The Bertz CT molecular complexity index is 981. The molecule has 164 valence electrons. The number of hydrogen-bond donors (Lipinski definition) is 2. The van der Waals surface area contributed by atoms with E-state index < -0.39 is 5.92 Å². The summed E-state index contributed by atoms with van der Waals surface area (Å²) in [5, 5.41) is 5.93. The van der Waals surface area contributed by atoms with Crippen LogP contribution in [0.4, 0.5) is 11.4 Å². The first-order chi connectivity index (χ1) is 14.9. The van der Waals surface area contributed by atoms with Gasteiger partial charge in [0.1, 0.15) is 11.5 Å². The van der Waals surface area contributed by atoms with E-state index in [9.17, 15) is 14.4 Å². The number of likely N-dealkylation sites (N-methyl/N-ethyl adjacent to an activating group) is 1.